The number of rotatable bonds is 38. The number of hydrogen-bond donors (Lipinski definition) is 3. The summed E-state index contributed by atoms with van der Waals surface area (Å²) in [5.41, 5.74) is 0. The van der Waals surface area contributed by atoms with Crippen LogP contribution in [0.15, 0.2) is 48.6 Å². The van der Waals surface area contributed by atoms with Crippen LogP contribution in [0.4, 0.5) is 0 Å². The van der Waals surface area contributed by atoms with Crippen molar-refractivity contribution in [1.29, 1.82) is 0 Å². The molecule has 3 N–H and O–H groups in total. The van der Waals surface area contributed by atoms with Gasteiger partial charge < -0.3 is 15.5 Å². The van der Waals surface area contributed by atoms with Crippen LogP contribution in [0.1, 0.15) is 213 Å². The van der Waals surface area contributed by atoms with E-state index in [2.05, 4.69) is 61.7 Å². The lowest BCUT2D eigenvalue weighted by Gasteiger charge is -2.22. The van der Waals surface area contributed by atoms with E-state index >= 15 is 0 Å². The third kappa shape index (κ3) is 37.4. The molecule has 4 nitrogen and oxygen atoms in total. The number of carbonyl (C=O) groups excluding carboxylic acids is 1. The van der Waals surface area contributed by atoms with E-state index < -0.39 is 12.1 Å². The molecule has 2 atom stereocenters. The molecule has 2 unspecified atom stereocenters. The van der Waals surface area contributed by atoms with E-state index in [1.54, 1.807) is 0 Å². The first kappa shape index (κ1) is 47.4. The van der Waals surface area contributed by atoms with Crippen molar-refractivity contribution in [2.24, 2.45) is 0 Å². The summed E-state index contributed by atoms with van der Waals surface area (Å²) in [6.07, 6.45) is 54.9. The Morgan fingerprint density at radius 2 is 0.857 bits per heavy atom. The molecule has 0 saturated carbocycles. The van der Waals surface area contributed by atoms with E-state index in [0.717, 1.165) is 38.5 Å². The molecule has 0 heterocycles. The first-order chi connectivity index (χ1) is 24.2. The molecule has 0 aromatic heterocycles. The maximum Gasteiger partial charge on any atom is 0.220 e. The third-order valence-electron chi connectivity index (χ3n) is 9.62. The summed E-state index contributed by atoms with van der Waals surface area (Å²) < 4.78 is 0. The fourth-order valence-electron chi connectivity index (χ4n) is 6.37. The van der Waals surface area contributed by atoms with Crippen LogP contribution < -0.4 is 5.32 Å². The van der Waals surface area contributed by atoms with E-state index in [1.165, 1.54) is 141 Å². The van der Waals surface area contributed by atoms with Crippen LogP contribution in [0.5, 0.6) is 0 Å². The quantitative estimate of drug-likeness (QED) is 0.0447. The van der Waals surface area contributed by atoms with Crippen LogP contribution in [-0.4, -0.2) is 34.9 Å². The van der Waals surface area contributed by atoms with Gasteiger partial charge in [0.05, 0.1) is 18.8 Å². The number of carbonyl (C=O) groups is 1. The normalized spacial score (nSPS) is 13.5. The van der Waals surface area contributed by atoms with Gasteiger partial charge in [-0.2, -0.15) is 0 Å². The summed E-state index contributed by atoms with van der Waals surface area (Å²) >= 11 is 0. The molecule has 0 radical (unpaired) electrons. The molecule has 0 aliphatic rings. The minimum Gasteiger partial charge on any atom is -0.394 e. The maximum absolute atomic E-state index is 12.3. The Hall–Kier alpha value is -1.65. The molecule has 4 heteroatoms. The van der Waals surface area contributed by atoms with Crippen LogP contribution in [0.2, 0.25) is 0 Å². The number of hydrogen-bond acceptors (Lipinski definition) is 3. The number of aliphatic hydroxyl groups is 2. The molecule has 0 aromatic carbocycles. The first-order valence-corrected chi connectivity index (χ1v) is 21.3. The lowest BCUT2D eigenvalue weighted by molar-refractivity contribution is -0.123. The predicted octanol–water partition coefficient (Wildman–Crippen LogP) is 13.2. The Labute approximate surface area is 305 Å². The van der Waals surface area contributed by atoms with Gasteiger partial charge in [0.15, 0.2) is 0 Å². The summed E-state index contributed by atoms with van der Waals surface area (Å²) in [6, 6.07) is -0.575. The average Bonchev–Trinajstić information content (AvgIpc) is 3.10. The number of amides is 1. The van der Waals surface area contributed by atoms with Gasteiger partial charge in [0.25, 0.3) is 0 Å². The summed E-state index contributed by atoms with van der Waals surface area (Å²) in [5, 5.41) is 23.1. The molecule has 0 aromatic rings. The van der Waals surface area contributed by atoms with Crippen molar-refractivity contribution in [3.63, 3.8) is 0 Å². The van der Waals surface area contributed by atoms with Crippen LogP contribution in [-0.2, 0) is 4.79 Å². The monoisotopic (exact) mass is 686 g/mol. The molecule has 286 valence electrons. The highest BCUT2D eigenvalue weighted by atomic mass is 16.3. The second kappa shape index (κ2) is 40.8. The zero-order valence-electron chi connectivity index (χ0n) is 32.7. The van der Waals surface area contributed by atoms with Crippen LogP contribution in [0, 0.1) is 0 Å². The molecule has 0 aliphatic heterocycles. The zero-order chi connectivity index (χ0) is 35.7. The highest BCUT2D eigenvalue weighted by molar-refractivity contribution is 5.76. The van der Waals surface area contributed by atoms with Crippen molar-refractivity contribution in [3.05, 3.63) is 48.6 Å². The molecular weight excluding hydrogens is 602 g/mol. The fourth-order valence-corrected chi connectivity index (χ4v) is 6.37. The van der Waals surface area contributed by atoms with Gasteiger partial charge in [-0.15, -0.1) is 0 Å². The Morgan fingerprint density at radius 1 is 0.510 bits per heavy atom. The van der Waals surface area contributed by atoms with Crippen molar-refractivity contribution in [1.82, 2.24) is 5.32 Å². The largest absolute Gasteiger partial charge is 0.394 e. The summed E-state index contributed by atoms with van der Waals surface area (Å²) in [6.45, 7) is 4.21. The summed E-state index contributed by atoms with van der Waals surface area (Å²) in [4.78, 5) is 12.3. The Morgan fingerprint density at radius 3 is 1.22 bits per heavy atom. The Bertz CT molecular complexity index is 786. The predicted molar refractivity (Wildman–Crippen MR) is 216 cm³/mol. The highest BCUT2D eigenvalue weighted by Gasteiger charge is 2.19. The molecule has 1 amide bonds. The zero-order valence-corrected chi connectivity index (χ0v) is 32.7. The van der Waals surface area contributed by atoms with Gasteiger partial charge in [-0.1, -0.05) is 217 Å². The Balaban J connectivity index is 3.54. The second-order valence-corrected chi connectivity index (χ2v) is 14.4. The van der Waals surface area contributed by atoms with E-state index in [4.69, 9.17) is 0 Å². The van der Waals surface area contributed by atoms with Gasteiger partial charge in [-0.25, -0.2) is 0 Å². The van der Waals surface area contributed by atoms with Crippen LogP contribution in [0.3, 0.4) is 0 Å². The number of allylic oxidation sites excluding steroid dienone is 8. The SMILES string of the molecule is CC/C=C\C/C=C\C/C=C\C/C=C\CCC(=O)NC(CO)C(O)CCCCCCCCCCCCCCCCCCCCCCCCCC. The van der Waals surface area contributed by atoms with Crippen molar-refractivity contribution in [3.8, 4) is 0 Å². The molecular formula is C45H83NO3. The van der Waals surface area contributed by atoms with Crippen LogP contribution in [0.25, 0.3) is 0 Å². The minimum atomic E-state index is -0.689. The minimum absolute atomic E-state index is 0.111. The van der Waals surface area contributed by atoms with E-state index in [0.29, 0.717) is 19.3 Å². The summed E-state index contributed by atoms with van der Waals surface area (Å²) in [7, 11) is 0. The van der Waals surface area contributed by atoms with Crippen molar-refractivity contribution < 1.29 is 15.0 Å². The highest BCUT2D eigenvalue weighted by Crippen LogP contribution is 2.16. The van der Waals surface area contributed by atoms with Gasteiger partial charge in [-0.3, -0.25) is 4.79 Å². The van der Waals surface area contributed by atoms with Gasteiger partial charge >= 0.3 is 0 Å². The van der Waals surface area contributed by atoms with Crippen molar-refractivity contribution in [2.75, 3.05) is 6.61 Å². The van der Waals surface area contributed by atoms with E-state index in [-0.39, 0.29) is 12.5 Å². The van der Waals surface area contributed by atoms with Gasteiger partial charge in [0, 0.05) is 6.42 Å². The van der Waals surface area contributed by atoms with Crippen molar-refractivity contribution in [2.45, 2.75) is 225 Å². The molecule has 0 fully saturated rings. The standard InChI is InChI=1S/C45H83NO3/c1-3-5-7-9-11-13-15-17-18-19-20-21-22-23-24-25-26-27-29-30-32-34-36-38-40-44(48)43(42-47)46-45(49)41-39-37-35-33-31-28-16-14-12-10-8-6-4-2/h6,8,12,14,28,31,35,37,43-44,47-48H,3-5,7,9-11,13,15-27,29-30,32-34,36,38-42H2,1-2H3,(H,46,49)/b8-6-,14-12-,31-28-,37-35-. The Kier molecular flexibility index (Phi) is 39.4. The number of unbranched alkanes of at least 4 members (excludes halogenated alkanes) is 23. The maximum atomic E-state index is 12.3. The fraction of sp³-hybridized carbons (Fsp3) is 0.800. The molecule has 0 bridgehead atoms. The third-order valence-corrected chi connectivity index (χ3v) is 9.62. The summed E-state index contributed by atoms with van der Waals surface area (Å²) in [5.74, 6) is -0.111. The number of nitrogens with one attached hydrogen (secondary N) is 1. The van der Waals surface area contributed by atoms with Gasteiger partial charge in [0.1, 0.15) is 0 Å². The van der Waals surface area contributed by atoms with Gasteiger partial charge in [-0.05, 0) is 38.5 Å². The molecule has 0 rings (SSSR count). The van der Waals surface area contributed by atoms with Crippen molar-refractivity contribution >= 4 is 5.91 Å². The number of aliphatic hydroxyl groups excluding tert-OH is 2. The lowest BCUT2D eigenvalue weighted by atomic mass is 10.0. The van der Waals surface area contributed by atoms with Gasteiger partial charge in [0.2, 0.25) is 5.91 Å². The smallest absolute Gasteiger partial charge is 0.220 e. The average molecular weight is 686 g/mol. The van der Waals surface area contributed by atoms with E-state index in [1.807, 2.05) is 6.08 Å². The second-order valence-electron chi connectivity index (χ2n) is 14.4. The molecule has 0 aliphatic carbocycles. The molecule has 49 heavy (non-hydrogen) atoms. The topological polar surface area (TPSA) is 69.6 Å². The van der Waals surface area contributed by atoms with E-state index in [9.17, 15) is 15.0 Å². The van der Waals surface area contributed by atoms with Crippen LogP contribution >= 0.6 is 0 Å². The first-order valence-electron chi connectivity index (χ1n) is 21.3. The molecule has 0 saturated heterocycles. The molecule has 0 spiro atoms. The lowest BCUT2D eigenvalue weighted by Crippen LogP contribution is -2.45.